The Morgan fingerprint density at radius 1 is 1.33 bits per heavy atom. The predicted molar refractivity (Wildman–Crippen MR) is 48.1 cm³/mol. The summed E-state index contributed by atoms with van der Waals surface area (Å²) in [6.45, 7) is 3.78. The molecule has 0 aromatic rings. The van der Waals surface area contributed by atoms with Gasteiger partial charge in [-0.1, -0.05) is 6.42 Å². The zero-order valence-electron chi connectivity index (χ0n) is 7.50. The lowest BCUT2D eigenvalue weighted by molar-refractivity contribution is 0.0328. The lowest BCUT2D eigenvalue weighted by Gasteiger charge is -2.44. The Hall–Kier alpha value is -0.120. The van der Waals surface area contributed by atoms with Gasteiger partial charge in [0.1, 0.15) is 0 Å². The van der Waals surface area contributed by atoms with Crippen LogP contribution in [0.3, 0.4) is 0 Å². The van der Waals surface area contributed by atoms with E-state index in [-0.39, 0.29) is 0 Å². The molecule has 2 fully saturated rings. The summed E-state index contributed by atoms with van der Waals surface area (Å²) in [4.78, 5) is 2.49. The van der Waals surface area contributed by atoms with E-state index in [2.05, 4.69) is 10.2 Å². The SMILES string of the molecule is OCC1CCCCN1C1CNC1. The minimum atomic E-state index is 0.344. The molecule has 2 rings (SSSR count). The summed E-state index contributed by atoms with van der Waals surface area (Å²) in [5.41, 5.74) is 0. The molecule has 0 saturated carbocycles. The van der Waals surface area contributed by atoms with Crippen molar-refractivity contribution in [3.05, 3.63) is 0 Å². The van der Waals surface area contributed by atoms with Gasteiger partial charge >= 0.3 is 0 Å². The third-order valence-electron chi connectivity index (χ3n) is 3.11. The van der Waals surface area contributed by atoms with Crippen molar-refractivity contribution in [2.75, 3.05) is 26.2 Å². The molecule has 0 radical (unpaired) electrons. The van der Waals surface area contributed by atoms with Gasteiger partial charge < -0.3 is 10.4 Å². The molecular formula is C9H18N2O. The number of hydrogen-bond acceptors (Lipinski definition) is 3. The topological polar surface area (TPSA) is 35.5 Å². The van der Waals surface area contributed by atoms with Gasteiger partial charge in [0.15, 0.2) is 0 Å². The monoisotopic (exact) mass is 170 g/mol. The fourth-order valence-corrected chi connectivity index (χ4v) is 2.21. The van der Waals surface area contributed by atoms with Gasteiger partial charge in [-0.2, -0.15) is 0 Å². The Kier molecular flexibility index (Phi) is 2.63. The van der Waals surface area contributed by atoms with Crippen LogP contribution < -0.4 is 5.32 Å². The minimum absolute atomic E-state index is 0.344. The maximum Gasteiger partial charge on any atom is 0.0587 e. The smallest absolute Gasteiger partial charge is 0.0587 e. The van der Waals surface area contributed by atoms with Crippen LogP contribution in [0.15, 0.2) is 0 Å². The van der Waals surface area contributed by atoms with Crippen molar-refractivity contribution in [1.29, 1.82) is 0 Å². The molecule has 0 bridgehead atoms. The molecule has 2 heterocycles. The highest BCUT2D eigenvalue weighted by molar-refractivity contribution is 4.90. The summed E-state index contributed by atoms with van der Waals surface area (Å²) >= 11 is 0. The fourth-order valence-electron chi connectivity index (χ4n) is 2.21. The van der Waals surface area contributed by atoms with Gasteiger partial charge in [-0.15, -0.1) is 0 Å². The number of nitrogens with one attached hydrogen (secondary N) is 1. The second-order valence-electron chi connectivity index (χ2n) is 3.88. The molecule has 2 N–H and O–H groups in total. The second kappa shape index (κ2) is 3.73. The van der Waals surface area contributed by atoms with Crippen LogP contribution in [0.5, 0.6) is 0 Å². The van der Waals surface area contributed by atoms with E-state index < -0.39 is 0 Å². The van der Waals surface area contributed by atoms with E-state index >= 15 is 0 Å². The average Bonchev–Trinajstić information content (AvgIpc) is 2.02. The quantitative estimate of drug-likeness (QED) is 0.603. The molecule has 2 aliphatic rings. The second-order valence-corrected chi connectivity index (χ2v) is 3.88. The number of aliphatic hydroxyl groups is 1. The Balaban J connectivity index is 1.90. The first-order valence-electron chi connectivity index (χ1n) is 4.99. The summed E-state index contributed by atoms with van der Waals surface area (Å²) in [6, 6.07) is 1.16. The number of likely N-dealkylation sites (tertiary alicyclic amines) is 1. The van der Waals surface area contributed by atoms with E-state index in [0.29, 0.717) is 18.7 Å². The van der Waals surface area contributed by atoms with Gasteiger partial charge in [-0.05, 0) is 19.4 Å². The maximum absolute atomic E-state index is 9.17. The van der Waals surface area contributed by atoms with E-state index in [9.17, 15) is 0 Å². The third-order valence-corrected chi connectivity index (χ3v) is 3.11. The molecule has 0 amide bonds. The molecule has 0 spiro atoms. The van der Waals surface area contributed by atoms with Crippen LogP contribution in [0.4, 0.5) is 0 Å². The molecule has 0 aromatic carbocycles. The van der Waals surface area contributed by atoms with E-state index in [4.69, 9.17) is 5.11 Å². The van der Waals surface area contributed by atoms with Crippen molar-refractivity contribution in [1.82, 2.24) is 10.2 Å². The Bertz CT molecular complexity index is 147. The summed E-state index contributed by atoms with van der Waals surface area (Å²) in [7, 11) is 0. The molecular weight excluding hydrogens is 152 g/mol. The van der Waals surface area contributed by atoms with Crippen LogP contribution >= 0.6 is 0 Å². The highest BCUT2D eigenvalue weighted by Crippen LogP contribution is 2.20. The van der Waals surface area contributed by atoms with Gasteiger partial charge in [0, 0.05) is 25.2 Å². The summed E-state index contributed by atoms with van der Waals surface area (Å²) < 4.78 is 0. The zero-order chi connectivity index (χ0) is 8.39. The number of hydrogen-bond donors (Lipinski definition) is 2. The normalized spacial score (nSPS) is 33.2. The summed E-state index contributed by atoms with van der Waals surface area (Å²) in [5.74, 6) is 0. The maximum atomic E-state index is 9.17. The highest BCUT2D eigenvalue weighted by atomic mass is 16.3. The molecule has 2 saturated heterocycles. The van der Waals surface area contributed by atoms with E-state index in [1.165, 1.54) is 25.8 Å². The largest absolute Gasteiger partial charge is 0.395 e. The van der Waals surface area contributed by atoms with E-state index in [0.717, 1.165) is 13.1 Å². The van der Waals surface area contributed by atoms with Gasteiger partial charge in [0.25, 0.3) is 0 Å². The molecule has 12 heavy (non-hydrogen) atoms. The van der Waals surface area contributed by atoms with Crippen molar-refractivity contribution in [2.45, 2.75) is 31.3 Å². The summed E-state index contributed by atoms with van der Waals surface area (Å²) in [6.07, 6.45) is 3.79. The Morgan fingerprint density at radius 2 is 2.17 bits per heavy atom. The highest BCUT2D eigenvalue weighted by Gasteiger charge is 2.31. The molecule has 0 aromatic heterocycles. The van der Waals surface area contributed by atoms with Crippen molar-refractivity contribution in [2.24, 2.45) is 0 Å². The van der Waals surface area contributed by atoms with Gasteiger partial charge in [0.05, 0.1) is 6.61 Å². The predicted octanol–water partition coefficient (Wildman–Crippen LogP) is -0.195. The van der Waals surface area contributed by atoms with Crippen LogP contribution in [-0.2, 0) is 0 Å². The van der Waals surface area contributed by atoms with Crippen LogP contribution in [0.2, 0.25) is 0 Å². The van der Waals surface area contributed by atoms with Crippen LogP contribution in [0.25, 0.3) is 0 Å². The zero-order valence-corrected chi connectivity index (χ0v) is 7.50. The van der Waals surface area contributed by atoms with Crippen molar-refractivity contribution >= 4 is 0 Å². The molecule has 1 atom stereocenters. The van der Waals surface area contributed by atoms with Crippen molar-refractivity contribution < 1.29 is 5.11 Å². The Labute approximate surface area is 73.8 Å². The summed E-state index contributed by atoms with van der Waals surface area (Å²) in [5, 5.41) is 12.4. The first-order chi connectivity index (χ1) is 5.92. The lowest BCUT2D eigenvalue weighted by atomic mass is 9.98. The van der Waals surface area contributed by atoms with Crippen molar-refractivity contribution in [3.8, 4) is 0 Å². The average molecular weight is 170 g/mol. The molecule has 3 heteroatoms. The van der Waals surface area contributed by atoms with E-state index in [1.807, 2.05) is 0 Å². The first kappa shape index (κ1) is 8.48. The molecule has 0 aliphatic carbocycles. The molecule has 70 valence electrons. The fraction of sp³-hybridized carbons (Fsp3) is 1.00. The third kappa shape index (κ3) is 1.49. The number of rotatable bonds is 2. The molecule has 2 aliphatic heterocycles. The van der Waals surface area contributed by atoms with Crippen LogP contribution in [0.1, 0.15) is 19.3 Å². The van der Waals surface area contributed by atoms with Gasteiger partial charge in [-0.25, -0.2) is 0 Å². The van der Waals surface area contributed by atoms with Crippen LogP contribution in [0, 0.1) is 0 Å². The van der Waals surface area contributed by atoms with Gasteiger partial charge in [-0.3, -0.25) is 4.90 Å². The number of nitrogens with zero attached hydrogens (tertiary/aromatic N) is 1. The lowest BCUT2D eigenvalue weighted by Crippen LogP contribution is -2.61. The first-order valence-corrected chi connectivity index (χ1v) is 4.99. The minimum Gasteiger partial charge on any atom is -0.395 e. The van der Waals surface area contributed by atoms with Crippen LogP contribution in [-0.4, -0.2) is 48.3 Å². The van der Waals surface area contributed by atoms with E-state index in [1.54, 1.807) is 0 Å². The van der Waals surface area contributed by atoms with Gasteiger partial charge in [0.2, 0.25) is 0 Å². The Morgan fingerprint density at radius 3 is 2.75 bits per heavy atom. The molecule has 1 unspecified atom stereocenters. The number of piperidine rings is 1. The molecule has 3 nitrogen and oxygen atoms in total. The number of aliphatic hydroxyl groups excluding tert-OH is 1. The standard InChI is InChI=1S/C9H18N2O/c12-7-8-3-1-2-4-11(8)9-5-10-6-9/h8-10,12H,1-7H2. The van der Waals surface area contributed by atoms with Crippen molar-refractivity contribution in [3.63, 3.8) is 0 Å².